The molecule has 0 aliphatic carbocycles. The Morgan fingerprint density at radius 3 is 2.84 bits per heavy atom. The number of imidazole rings is 1. The number of carbonyl (C=O) groups excluding carboxylic acids is 1. The van der Waals surface area contributed by atoms with Crippen LogP contribution in [0, 0.1) is 6.92 Å². The fourth-order valence-corrected chi connectivity index (χ4v) is 4.03. The third kappa shape index (κ3) is 3.63. The molecule has 1 atom stereocenters. The minimum atomic E-state index is -0.438. The molecule has 1 unspecified atom stereocenters. The van der Waals surface area contributed by atoms with Crippen LogP contribution in [0.4, 0.5) is 11.4 Å². The zero-order chi connectivity index (χ0) is 22.2. The quantitative estimate of drug-likeness (QED) is 0.516. The molecule has 32 heavy (non-hydrogen) atoms. The van der Waals surface area contributed by atoms with Crippen molar-refractivity contribution in [3.63, 3.8) is 0 Å². The Hall–Kier alpha value is -3.98. The fourth-order valence-electron chi connectivity index (χ4n) is 4.03. The number of amides is 1. The Balaban J connectivity index is 1.42. The molecule has 1 aliphatic heterocycles. The van der Waals surface area contributed by atoms with Crippen LogP contribution in [0.5, 0.6) is 5.75 Å². The van der Waals surface area contributed by atoms with Gasteiger partial charge in [0.2, 0.25) is 5.91 Å². The Bertz CT molecular complexity index is 1310. The molecule has 0 bridgehead atoms. The lowest BCUT2D eigenvalue weighted by atomic mass is 10.1. The molecule has 9 heteroatoms. The second-order valence-corrected chi connectivity index (χ2v) is 7.93. The number of rotatable bonds is 4. The van der Waals surface area contributed by atoms with Crippen molar-refractivity contribution in [2.45, 2.75) is 25.8 Å². The summed E-state index contributed by atoms with van der Waals surface area (Å²) in [5.41, 5.74) is 10.2. The average molecular weight is 430 g/mol. The molecule has 0 saturated heterocycles. The molecule has 1 amide bonds. The number of nitrogens with one attached hydrogen (secondary N) is 1. The second-order valence-electron chi connectivity index (χ2n) is 7.93. The van der Waals surface area contributed by atoms with Crippen molar-refractivity contribution in [3.8, 4) is 22.7 Å². The Morgan fingerprint density at radius 1 is 1.19 bits per heavy atom. The van der Waals surface area contributed by atoms with Crippen LogP contribution in [0.2, 0.25) is 0 Å². The molecule has 5 rings (SSSR count). The van der Waals surface area contributed by atoms with Crippen LogP contribution in [0.1, 0.15) is 23.7 Å². The number of anilines is 1. The van der Waals surface area contributed by atoms with Gasteiger partial charge in [0.1, 0.15) is 23.2 Å². The van der Waals surface area contributed by atoms with Crippen molar-refractivity contribution in [2.24, 2.45) is 0 Å². The van der Waals surface area contributed by atoms with Gasteiger partial charge in [-0.15, -0.1) is 5.10 Å². The summed E-state index contributed by atoms with van der Waals surface area (Å²) >= 11 is 0. The molecule has 2 aromatic heterocycles. The van der Waals surface area contributed by atoms with Crippen LogP contribution in [0.15, 0.2) is 55.1 Å². The van der Waals surface area contributed by atoms with Crippen molar-refractivity contribution in [2.75, 3.05) is 12.4 Å². The maximum Gasteiger partial charge on any atom is 0.249 e. The number of nitrogens with zero attached hydrogens (tertiary/aromatic N) is 5. The summed E-state index contributed by atoms with van der Waals surface area (Å²) in [5.74, 6) is 0.599. The van der Waals surface area contributed by atoms with E-state index in [1.165, 1.54) is 0 Å². The maximum absolute atomic E-state index is 12.9. The molecule has 0 spiro atoms. The largest absolute Gasteiger partial charge is 0.495 e. The third-order valence-corrected chi connectivity index (χ3v) is 5.71. The standard InChI is InChI=1S/C23H23N7O2/c1-14-11-29(13-25-14)20-7-3-16(10-22(20)32-2)19-12-30(28-27-19)21-8-4-15-9-17(24)5-6-18(15)26-23(21)31/h3,5-7,9-13,21H,4,8,24H2,1-2H3,(H,26,31)/p+1. The van der Waals surface area contributed by atoms with Crippen LogP contribution in [-0.4, -0.2) is 37.6 Å². The van der Waals surface area contributed by atoms with Gasteiger partial charge in [-0.05, 0) is 43.5 Å². The average Bonchev–Trinajstić information content (AvgIpc) is 3.41. The molecule has 4 aromatic rings. The van der Waals surface area contributed by atoms with Crippen molar-refractivity contribution in [3.05, 3.63) is 66.4 Å². The van der Waals surface area contributed by atoms with E-state index in [4.69, 9.17) is 4.74 Å². The van der Waals surface area contributed by atoms with Crippen LogP contribution >= 0.6 is 0 Å². The highest BCUT2D eigenvalue weighted by molar-refractivity contribution is 5.95. The van der Waals surface area contributed by atoms with E-state index in [0.29, 0.717) is 17.9 Å². The summed E-state index contributed by atoms with van der Waals surface area (Å²) in [6, 6.07) is 11.2. The monoisotopic (exact) mass is 430 g/mol. The smallest absolute Gasteiger partial charge is 0.249 e. The van der Waals surface area contributed by atoms with Crippen LogP contribution in [0.3, 0.4) is 0 Å². The summed E-state index contributed by atoms with van der Waals surface area (Å²) in [5, 5.41) is 11.6. The first-order chi connectivity index (χ1) is 15.5. The number of benzene rings is 2. The first-order valence-electron chi connectivity index (χ1n) is 10.4. The highest BCUT2D eigenvalue weighted by Crippen LogP contribution is 2.31. The molecule has 0 radical (unpaired) electrons. The Kier molecular flexibility index (Phi) is 4.95. The van der Waals surface area contributed by atoms with Gasteiger partial charge in [0.25, 0.3) is 0 Å². The number of aromatic nitrogens is 5. The molecule has 0 saturated carbocycles. The van der Waals surface area contributed by atoms with Gasteiger partial charge in [-0.3, -0.25) is 4.79 Å². The predicted molar refractivity (Wildman–Crippen MR) is 119 cm³/mol. The number of aryl methyl sites for hydroxylation is 2. The normalized spacial score (nSPS) is 15.7. The minimum Gasteiger partial charge on any atom is -0.495 e. The third-order valence-electron chi connectivity index (χ3n) is 5.71. The van der Waals surface area contributed by atoms with Gasteiger partial charge >= 0.3 is 0 Å². The molecular formula is C23H24N7O2+. The van der Waals surface area contributed by atoms with Gasteiger partial charge in [0, 0.05) is 29.6 Å². The topological polar surface area (TPSA) is 115 Å². The van der Waals surface area contributed by atoms with Gasteiger partial charge in [-0.25, -0.2) is 9.67 Å². The van der Waals surface area contributed by atoms with E-state index < -0.39 is 6.04 Å². The lowest BCUT2D eigenvalue weighted by Crippen LogP contribution is -2.40. The van der Waals surface area contributed by atoms with E-state index in [9.17, 15) is 4.79 Å². The van der Waals surface area contributed by atoms with Gasteiger partial charge in [0.05, 0.1) is 31.0 Å². The van der Waals surface area contributed by atoms with Crippen molar-refractivity contribution >= 4 is 17.3 Å². The van der Waals surface area contributed by atoms with Gasteiger partial charge in [-0.2, -0.15) is 0 Å². The molecular weight excluding hydrogens is 406 g/mol. The summed E-state index contributed by atoms with van der Waals surface area (Å²) in [6.45, 7) is 1.94. The zero-order valence-electron chi connectivity index (χ0n) is 17.9. The molecule has 3 heterocycles. The molecule has 4 N–H and O–H groups in total. The molecule has 162 valence electrons. The summed E-state index contributed by atoms with van der Waals surface area (Å²) in [4.78, 5) is 17.1. The van der Waals surface area contributed by atoms with E-state index in [1.54, 1.807) is 18.1 Å². The molecule has 0 fully saturated rings. The number of fused-ring (bicyclic) bond motifs is 1. The van der Waals surface area contributed by atoms with Gasteiger partial charge < -0.3 is 20.4 Å². The number of hydrogen-bond acceptors (Lipinski definition) is 5. The number of ether oxygens (including phenoxy) is 1. The Labute approximate surface area is 184 Å². The van der Waals surface area contributed by atoms with E-state index in [0.717, 1.165) is 40.3 Å². The van der Waals surface area contributed by atoms with E-state index in [-0.39, 0.29) is 5.91 Å². The van der Waals surface area contributed by atoms with Crippen molar-refractivity contribution < 1.29 is 15.3 Å². The number of carbonyl (C=O) groups is 1. The maximum atomic E-state index is 12.9. The lowest BCUT2D eigenvalue weighted by molar-refractivity contribution is -0.254. The first kappa shape index (κ1) is 20.0. The van der Waals surface area contributed by atoms with Crippen LogP contribution in [0.25, 0.3) is 16.9 Å². The van der Waals surface area contributed by atoms with E-state index >= 15 is 0 Å². The first-order valence-corrected chi connectivity index (χ1v) is 10.4. The van der Waals surface area contributed by atoms with E-state index in [2.05, 4.69) is 26.3 Å². The summed E-state index contributed by atoms with van der Waals surface area (Å²) in [6.07, 6.45) is 6.89. The zero-order valence-corrected chi connectivity index (χ0v) is 17.9. The SMILES string of the molecule is COc1cc(-c2cn(C3CCc4cc([NH3+])ccc4NC3=O)nn2)ccc1-n1cnc(C)c1. The highest BCUT2D eigenvalue weighted by atomic mass is 16.5. The number of hydrogen-bond donors (Lipinski definition) is 2. The highest BCUT2D eigenvalue weighted by Gasteiger charge is 2.27. The number of methoxy groups -OCH3 is 1. The summed E-state index contributed by atoms with van der Waals surface area (Å²) in [7, 11) is 1.63. The lowest BCUT2D eigenvalue weighted by Gasteiger charge is -2.12. The second kappa shape index (κ2) is 7.93. The Morgan fingerprint density at radius 2 is 2.06 bits per heavy atom. The molecule has 1 aliphatic rings. The van der Waals surface area contributed by atoms with Crippen LogP contribution < -0.4 is 15.8 Å². The predicted octanol–water partition coefficient (Wildman–Crippen LogP) is 2.45. The molecule has 9 nitrogen and oxygen atoms in total. The van der Waals surface area contributed by atoms with Gasteiger partial charge in [0.15, 0.2) is 0 Å². The van der Waals surface area contributed by atoms with Crippen molar-refractivity contribution in [1.29, 1.82) is 0 Å². The van der Waals surface area contributed by atoms with Gasteiger partial charge in [-0.1, -0.05) is 11.3 Å². The fraction of sp³-hybridized carbons (Fsp3) is 0.217. The minimum absolute atomic E-state index is 0.0968. The van der Waals surface area contributed by atoms with E-state index in [1.807, 2.05) is 60.3 Å². The van der Waals surface area contributed by atoms with Crippen LogP contribution in [-0.2, 0) is 11.2 Å². The van der Waals surface area contributed by atoms with Crippen molar-refractivity contribution in [1.82, 2.24) is 24.5 Å². The summed E-state index contributed by atoms with van der Waals surface area (Å²) < 4.78 is 9.16. The number of quaternary nitrogens is 1. The molecule has 2 aromatic carbocycles.